The lowest BCUT2D eigenvalue weighted by Gasteiger charge is -2.06. The average molecular weight is 302 g/mol. The van der Waals surface area contributed by atoms with Crippen molar-refractivity contribution in [3.05, 3.63) is 66.2 Å². The lowest BCUT2D eigenvalue weighted by Crippen LogP contribution is -1.98. The van der Waals surface area contributed by atoms with Gasteiger partial charge < -0.3 is 4.98 Å². The third-order valence-corrected chi connectivity index (χ3v) is 3.96. The van der Waals surface area contributed by atoms with Crippen LogP contribution in [0.2, 0.25) is 0 Å². The summed E-state index contributed by atoms with van der Waals surface area (Å²) in [6.45, 7) is 1.97. The fourth-order valence-electron chi connectivity index (χ4n) is 2.82. The summed E-state index contributed by atoms with van der Waals surface area (Å²) in [4.78, 5) is 18.3. The molecule has 0 saturated carbocycles. The van der Waals surface area contributed by atoms with Crippen LogP contribution in [0.1, 0.15) is 15.9 Å². The first-order valence-corrected chi connectivity index (χ1v) is 7.29. The number of H-pyrrole nitrogens is 1. The zero-order valence-corrected chi connectivity index (χ0v) is 12.5. The number of carbonyl (C=O) groups is 1. The third-order valence-electron chi connectivity index (χ3n) is 3.96. The number of rotatable bonds is 3. The van der Waals surface area contributed by atoms with Gasteiger partial charge in [-0.3, -0.25) is 4.79 Å². The number of benzene rings is 1. The molecule has 0 atom stereocenters. The second kappa shape index (κ2) is 5.21. The molecule has 4 rings (SSSR count). The van der Waals surface area contributed by atoms with Crippen molar-refractivity contribution in [2.24, 2.45) is 0 Å². The molecule has 23 heavy (non-hydrogen) atoms. The number of hydrogen-bond donors (Lipinski definition) is 1. The summed E-state index contributed by atoms with van der Waals surface area (Å²) in [5.41, 5.74) is 5.61. The Morgan fingerprint density at radius 1 is 1.22 bits per heavy atom. The monoisotopic (exact) mass is 302 g/mol. The standard InChI is InChI=1S/C18H14N4O/c1-12-8-13(11-23)2-3-17(12)22-10-14(9-21-22)15-4-6-19-18-16(15)5-7-20-18/h2-11H,1H3,(H,19,20). The second-order valence-electron chi connectivity index (χ2n) is 5.44. The number of pyridine rings is 1. The van der Waals surface area contributed by atoms with Gasteiger partial charge in [0, 0.05) is 35.1 Å². The Morgan fingerprint density at radius 2 is 2.13 bits per heavy atom. The first-order valence-electron chi connectivity index (χ1n) is 7.29. The Labute approximate surface area is 132 Å². The minimum atomic E-state index is 0.668. The smallest absolute Gasteiger partial charge is 0.150 e. The van der Waals surface area contributed by atoms with Crippen molar-refractivity contribution in [1.29, 1.82) is 0 Å². The number of fused-ring (bicyclic) bond motifs is 1. The van der Waals surface area contributed by atoms with Gasteiger partial charge in [0.15, 0.2) is 0 Å². The molecule has 0 aliphatic rings. The summed E-state index contributed by atoms with van der Waals surface area (Å²) in [6.07, 6.45) is 8.36. The second-order valence-corrected chi connectivity index (χ2v) is 5.44. The van der Waals surface area contributed by atoms with Crippen LogP contribution in [0, 0.1) is 6.92 Å². The van der Waals surface area contributed by atoms with Crippen LogP contribution in [0.4, 0.5) is 0 Å². The van der Waals surface area contributed by atoms with E-state index in [4.69, 9.17) is 0 Å². The summed E-state index contributed by atoms with van der Waals surface area (Å²) in [7, 11) is 0. The number of aryl methyl sites for hydroxylation is 1. The molecule has 0 fully saturated rings. The van der Waals surface area contributed by atoms with Crippen LogP contribution < -0.4 is 0 Å². The van der Waals surface area contributed by atoms with Gasteiger partial charge in [-0.1, -0.05) is 0 Å². The molecule has 3 aromatic heterocycles. The summed E-state index contributed by atoms with van der Waals surface area (Å²) in [5.74, 6) is 0. The van der Waals surface area contributed by atoms with Gasteiger partial charge in [-0.15, -0.1) is 0 Å². The Morgan fingerprint density at radius 3 is 2.96 bits per heavy atom. The van der Waals surface area contributed by atoms with Crippen LogP contribution in [0.15, 0.2) is 55.1 Å². The molecule has 5 nitrogen and oxygen atoms in total. The first kappa shape index (κ1) is 13.5. The fraction of sp³-hybridized carbons (Fsp3) is 0.0556. The molecule has 112 valence electrons. The molecule has 0 aliphatic carbocycles. The molecule has 5 heteroatoms. The zero-order chi connectivity index (χ0) is 15.8. The molecule has 0 amide bonds. The molecule has 3 heterocycles. The van der Waals surface area contributed by atoms with Gasteiger partial charge in [-0.05, 0) is 48.4 Å². The lowest BCUT2D eigenvalue weighted by molar-refractivity contribution is 0.112. The van der Waals surface area contributed by atoms with Crippen LogP contribution in [0.5, 0.6) is 0 Å². The number of aromatic nitrogens is 4. The number of carbonyl (C=O) groups excluding carboxylic acids is 1. The largest absolute Gasteiger partial charge is 0.346 e. The highest BCUT2D eigenvalue weighted by atomic mass is 16.1. The quantitative estimate of drug-likeness (QED) is 0.589. The Bertz CT molecular complexity index is 1010. The molecule has 0 saturated heterocycles. The van der Waals surface area contributed by atoms with Crippen molar-refractivity contribution < 1.29 is 4.79 Å². The maximum Gasteiger partial charge on any atom is 0.150 e. The van der Waals surface area contributed by atoms with Gasteiger partial charge in [0.25, 0.3) is 0 Å². The predicted molar refractivity (Wildman–Crippen MR) is 88.8 cm³/mol. The van der Waals surface area contributed by atoms with E-state index in [1.54, 1.807) is 12.3 Å². The summed E-state index contributed by atoms with van der Waals surface area (Å²) in [6, 6.07) is 9.57. The SMILES string of the molecule is Cc1cc(C=O)ccc1-n1cc(-c2ccnc3[nH]ccc23)cn1. The van der Waals surface area contributed by atoms with Gasteiger partial charge in [-0.25, -0.2) is 9.67 Å². The number of aldehydes is 1. The van der Waals surface area contributed by atoms with E-state index < -0.39 is 0 Å². The van der Waals surface area contributed by atoms with Crippen molar-refractivity contribution in [2.45, 2.75) is 6.92 Å². The Kier molecular flexibility index (Phi) is 3.05. The topological polar surface area (TPSA) is 63.6 Å². The van der Waals surface area contributed by atoms with Gasteiger partial charge in [0.2, 0.25) is 0 Å². The highest BCUT2D eigenvalue weighted by Crippen LogP contribution is 2.27. The minimum absolute atomic E-state index is 0.668. The van der Waals surface area contributed by atoms with Crippen molar-refractivity contribution in [3.8, 4) is 16.8 Å². The van der Waals surface area contributed by atoms with Gasteiger partial charge in [-0.2, -0.15) is 5.10 Å². The van der Waals surface area contributed by atoms with Crippen molar-refractivity contribution in [3.63, 3.8) is 0 Å². The van der Waals surface area contributed by atoms with Crippen molar-refractivity contribution in [2.75, 3.05) is 0 Å². The van der Waals surface area contributed by atoms with E-state index >= 15 is 0 Å². The van der Waals surface area contributed by atoms with E-state index in [0.29, 0.717) is 5.56 Å². The van der Waals surface area contributed by atoms with E-state index in [0.717, 1.165) is 39.7 Å². The van der Waals surface area contributed by atoms with Gasteiger partial charge in [0.05, 0.1) is 11.9 Å². The zero-order valence-electron chi connectivity index (χ0n) is 12.5. The molecule has 0 unspecified atom stereocenters. The molecule has 0 bridgehead atoms. The lowest BCUT2D eigenvalue weighted by atomic mass is 10.1. The molecule has 0 aliphatic heterocycles. The van der Waals surface area contributed by atoms with Crippen molar-refractivity contribution in [1.82, 2.24) is 19.7 Å². The fourth-order valence-corrected chi connectivity index (χ4v) is 2.82. The van der Waals surface area contributed by atoms with E-state index in [9.17, 15) is 4.79 Å². The summed E-state index contributed by atoms with van der Waals surface area (Å²) >= 11 is 0. The molecule has 0 radical (unpaired) electrons. The van der Waals surface area contributed by atoms with Gasteiger partial charge >= 0.3 is 0 Å². The average Bonchev–Trinajstić information content (AvgIpc) is 3.23. The number of aromatic amines is 1. The van der Waals surface area contributed by atoms with Crippen LogP contribution in [-0.4, -0.2) is 26.0 Å². The molecule has 1 N–H and O–H groups in total. The van der Waals surface area contributed by atoms with E-state index in [1.807, 2.05) is 54.5 Å². The summed E-state index contributed by atoms with van der Waals surface area (Å²) in [5, 5.41) is 5.54. The maximum atomic E-state index is 10.9. The van der Waals surface area contributed by atoms with Crippen LogP contribution in [0.25, 0.3) is 27.8 Å². The summed E-state index contributed by atoms with van der Waals surface area (Å²) < 4.78 is 1.83. The van der Waals surface area contributed by atoms with Crippen LogP contribution >= 0.6 is 0 Å². The minimum Gasteiger partial charge on any atom is -0.346 e. The molecule has 0 spiro atoms. The van der Waals surface area contributed by atoms with Gasteiger partial charge in [0.1, 0.15) is 11.9 Å². The number of nitrogens with one attached hydrogen (secondary N) is 1. The van der Waals surface area contributed by atoms with Crippen LogP contribution in [-0.2, 0) is 0 Å². The number of nitrogens with zero attached hydrogens (tertiary/aromatic N) is 3. The highest BCUT2D eigenvalue weighted by Gasteiger charge is 2.09. The Balaban J connectivity index is 1.80. The normalized spacial score (nSPS) is 11.0. The molecular weight excluding hydrogens is 288 g/mol. The predicted octanol–water partition coefficient (Wildman–Crippen LogP) is 3.54. The van der Waals surface area contributed by atoms with Crippen LogP contribution in [0.3, 0.4) is 0 Å². The first-order chi connectivity index (χ1) is 11.3. The molecule has 1 aromatic carbocycles. The highest BCUT2D eigenvalue weighted by molar-refractivity contribution is 5.92. The molecular formula is C18H14N4O. The van der Waals surface area contributed by atoms with Crippen molar-refractivity contribution >= 4 is 17.3 Å². The van der Waals surface area contributed by atoms with E-state index in [2.05, 4.69) is 15.1 Å². The van der Waals surface area contributed by atoms with E-state index in [-0.39, 0.29) is 0 Å². The molecule has 4 aromatic rings. The Hall–Kier alpha value is -3.21. The maximum absolute atomic E-state index is 10.9. The van der Waals surface area contributed by atoms with E-state index in [1.165, 1.54) is 0 Å². The third kappa shape index (κ3) is 2.23. The number of hydrogen-bond acceptors (Lipinski definition) is 3.